The first-order valence-electron chi connectivity index (χ1n) is 5.25. The summed E-state index contributed by atoms with van der Waals surface area (Å²) in [5.41, 5.74) is 0. The third-order valence-electron chi connectivity index (χ3n) is 2.87. The van der Waals surface area contributed by atoms with Gasteiger partial charge in [0, 0.05) is 25.0 Å². The predicted molar refractivity (Wildman–Crippen MR) is 60.0 cm³/mol. The Labute approximate surface area is 89.7 Å². The third-order valence-corrected chi connectivity index (χ3v) is 3.20. The molecule has 14 heavy (non-hydrogen) atoms. The molecule has 0 amide bonds. The van der Waals surface area contributed by atoms with Crippen LogP contribution in [-0.4, -0.2) is 34.1 Å². The molecule has 0 radical (unpaired) electrons. The normalized spacial score (nSPS) is 20.1. The smallest absolute Gasteiger partial charge is 0.177 e. The van der Waals surface area contributed by atoms with Crippen LogP contribution in [0.3, 0.4) is 0 Å². The molecule has 1 saturated heterocycles. The molecule has 0 saturated carbocycles. The van der Waals surface area contributed by atoms with Crippen molar-refractivity contribution < 1.29 is 0 Å². The van der Waals surface area contributed by atoms with Gasteiger partial charge in [0.25, 0.3) is 0 Å². The van der Waals surface area contributed by atoms with Gasteiger partial charge in [-0.05, 0) is 45.1 Å². The molecule has 2 heterocycles. The van der Waals surface area contributed by atoms with Crippen LogP contribution in [-0.2, 0) is 0 Å². The molecule has 1 N–H and O–H groups in total. The first kappa shape index (κ1) is 9.93. The Kier molecular flexibility index (Phi) is 3.03. The van der Waals surface area contributed by atoms with E-state index in [2.05, 4.69) is 21.4 Å². The van der Waals surface area contributed by atoms with E-state index in [4.69, 9.17) is 12.2 Å². The van der Waals surface area contributed by atoms with Crippen molar-refractivity contribution in [3.8, 4) is 0 Å². The van der Waals surface area contributed by atoms with Crippen molar-refractivity contribution in [1.29, 1.82) is 0 Å². The molecule has 0 aliphatic carbocycles. The highest BCUT2D eigenvalue weighted by Gasteiger charge is 2.15. The van der Waals surface area contributed by atoms with Gasteiger partial charge >= 0.3 is 0 Å². The van der Waals surface area contributed by atoms with Crippen molar-refractivity contribution >= 4 is 12.2 Å². The number of nitrogens with one attached hydrogen (secondary N) is 1. The van der Waals surface area contributed by atoms with Crippen LogP contribution >= 0.6 is 12.2 Å². The fourth-order valence-electron chi connectivity index (χ4n) is 2.11. The predicted octanol–water partition coefficient (Wildman–Crippen LogP) is 2.20. The van der Waals surface area contributed by atoms with E-state index in [0.29, 0.717) is 6.04 Å². The summed E-state index contributed by atoms with van der Waals surface area (Å²) in [7, 11) is 0. The number of hydrogen-bond donors (Lipinski definition) is 1. The second-order valence-corrected chi connectivity index (χ2v) is 4.42. The molecule has 2 rings (SSSR count). The van der Waals surface area contributed by atoms with Gasteiger partial charge < -0.3 is 14.5 Å². The maximum Gasteiger partial charge on any atom is 0.177 e. The fraction of sp³-hybridized carbons (Fsp3) is 0.700. The number of rotatable bonds is 3. The Hall–Kier alpha value is -0.610. The van der Waals surface area contributed by atoms with Crippen LogP contribution in [0.5, 0.6) is 0 Å². The molecule has 0 bridgehead atoms. The zero-order chi connectivity index (χ0) is 9.97. The van der Waals surface area contributed by atoms with E-state index in [1.165, 1.54) is 25.9 Å². The molecule has 1 fully saturated rings. The van der Waals surface area contributed by atoms with Gasteiger partial charge in [0.1, 0.15) is 0 Å². The summed E-state index contributed by atoms with van der Waals surface area (Å²) in [6, 6.07) is 0.479. The molecular formula is C10H17N3S. The average molecular weight is 211 g/mol. The van der Waals surface area contributed by atoms with Crippen molar-refractivity contribution in [2.24, 2.45) is 0 Å². The molecule has 0 aromatic carbocycles. The lowest BCUT2D eigenvalue weighted by Crippen LogP contribution is -2.26. The number of imidazole rings is 1. The molecule has 1 unspecified atom stereocenters. The van der Waals surface area contributed by atoms with Crippen LogP contribution in [0.4, 0.5) is 0 Å². The highest BCUT2D eigenvalue weighted by atomic mass is 32.1. The van der Waals surface area contributed by atoms with E-state index in [0.717, 1.165) is 11.3 Å². The van der Waals surface area contributed by atoms with E-state index in [9.17, 15) is 0 Å². The number of H-pyrrole nitrogens is 1. The van der Waals surface area contributed by atoms with Gasteiger partial charge in [0.2, 0.25) is 0 Å². The lowest BCUT2D eigenvalue weighted by molar-refractivity contribution is 0.286. The van der Waals surface area contributed by atoms with Gasteiger partial charge in [-0.25, -0.2) is 0 Å². The minimum atomic E-state index is 0.479. The number of likely N-dealkylation sites (tertiary alicyclic amines) is 1. The molecule has 1 atom stereocenters. The second-order valence-electron chi connectivity index (χ2n) is 4.03. The van der Waals surface area contributed by atoms with Gasteiger partial charge in [0.05, 0.1) is 0 Å². The second kappa shape index (κ2) is 4.28. The molecule has 0 spiro atoms. The Balaban J connectivity index is 1.98. The molecular weight excluding hydrogens is 194 g/mol. The molecule has 1 aliphatic rings. The lowest BCUT2D eigenvalue weighted by atomic mass is 10.3. The van der Waals surface area contributed by atoms with Crippen molar-refractivity contribution in [3.63, 3.8) is 0 Å². The summed E-state index contributed by atoms with van der Waals surface area (Å²) in [5, 5.41) is 0. The summed E-state index contributed by atoms with van der Waals surface area (Å²) in [5.74, 6) is 0. The van der Waals surface area contributed by atoms with Crippen LogP contribution in [0.1, 0.15) is 25.8 Å². The Morgan fingerprint density at radius 3 is 2.79 bits per heavy atom. The van der Waals surface area contributed by atoms with Crippen molar-refractivity contribution in [2.45, 2.75) is 25.8 Å². The summed E-state index contributed by atoms with van der Waals surface area (Å²) in [6.45, 7) is 5.85. The monoisotopic (exact) mass is 211 g/mol. The first-order valence-corrected chi connectivity index (χ1v) is 5.66. The maximum absolute atomic E-state index is 5.19. The van der Waals surface area contributed by atoms with E-state index in [1.54, 1.807) is 0 Å². The third kappa shape index (κ3) is 2.07. The van der Waals surface area contributed by atoms with Gasteiger partial charge in [-0.3, -0.25) is 0 Å². The molecule has 1 aliphatic heterocycles. The van der Waals surface area contributed by atoms with Crippen LogP contribution in [0.25, 0.3) is 0 Å². The summed E-state index contributed by atoms with van der Waals surface area (Å²) in [6.07, 6.45) is 6.64. The minimum absolute atomic E-state index is 0.479. The van der Waals surface area contributed by atoms with E-state index >= 15 is 0 Å². The van der Waals surface area contributed by atoms with Crippen LogP contribution in [0, 0.1) is 4.77 Å². The zero-order valence-corrected chi connectivity index (χ0v) is 9.39. The largest absolute Gasteiger partial charge is 0.337 e. The topological polar surface area (TPSA) is 24.0 Å². The fourth-order valence-corrected chi connectivity index (χ4v) is 2.41. The SMILES string of the molecule is CC(CN1CCCC1)n1cc[nH]c1=S. The Bertz CT molecular complexity index is 335. The van der Waals surface area contributed by atoms with Crippen LogP contribution in [0.2, 0.25) is 0 Å². The average Bonchev–Trinajstić information content (AvgIpc) is 2.75. The van der Waals surface area contributed by atoms with Gasteiger partial charge in [-0.2, -0.15) is 0 Å². The number of aromatic nitrogens is 2. The molecule has 4 heteroatoms. The van der Waals surface area contributed by atoms with Crippen molar-refractivity contribution in [1.82, 2.24) is 14.5 Å². The summed E-state index contributed by atoms with van der Waals surface area (Å²) < 4.78 is 2.96. The number of nitrogens with zero attached hydrogens (tertiary/aromatic N) is 2. The highest BCUT2D eigenvalue weighted by Crippen LogP contribution is 2.13. The van der Waals surface area contributed by atoms with Gasteiger partial charge in [-0.1, -0.05) is 0 Å². The van der Waals surface area contributed by atoms with E-state index in [-0.39, 0.29) is 0 Å². The van der Waals surface area contributed by atoms with Crippen LogP contribution in [0.15, 0.2) is 12.4 Å². The Morgan fingerprint density at radius 2 is 2.21 bits per heavy atom. The summed E-state index contributed by atoms with van der Waals surface area (Å²) >= 11 is 5.19. The standard InChI is InChI=1S/C10H17N3S/c1-9(8-12-5-2-3-6-12)13-7-4-11-10(13)14/h4,7,9H,2-3,5-6,8H2,1H3,(H,11,14). The molecule has 78 valence electrons. The number of aromatic amines is 1. The molecule has 1 aromatic rings. The van der Waals surface area contributed by atoms with E-state index < -0.39 is 0 Å². The number of hydrogen-bond acceptors (Lipinski definition) is 2. The lowest BCUT2D eigenvalue weighted by Gasteiger charge is -2.21. The van der Waals surface area contributed by atoms with Crippen molar-refractivity contribution in [3.05, 3.63) is 17.2 Å². The highest BCUT2D eigenvalue weighted by molar-refractivity contribution is 7.71. The van der Waals surface area contributed by atoms with Crippen molar-refractivity contribution in [2.75, 3.05) is 19.6 Å². The Morgan fingerprint density at radius 1 is 1.50 bits per heavy atom. The first-order chi connectivity index (χ1) is 6.77. The maximum atomic E-state index is 5.19. The van der Waals surface area contributed by atoms with Crippen LogP contribution < -0.4 is 0 Å². The van der Waals surface area contributed by atoms with Gasteiger partial charge in [-0.15, -0.1) is 0 Å². The quantitative estimate of drug-likeness (QED) is 0.775. The zero-order valence-electron chi connectivity index (χ0n) is 8.57. The molecule has 1 aromatic heterocycles. The molecule has 3 nitrogen and oxygen atoms in total. The van der Waals surface area contributed by atoms with E-state index in [1.807, 2.05) is 12.4 Å². The minimum Gasteiger partial charge on any atom is -0.337 e. The summed E-state index contributed by atoms with van der Waals surface area (Å²) in [4.78, 5) is 5.55. The van der Waals surface area contributed by atoms with Gasteiger partial charge in [0.15, 0.2) is 4.77 Å².